The van der Waals surface area contributed by atoms with Gasteiger partial charge in [0.2, 0.25) is 0 Å². The van der Waals surface area contributed by atoms with Crippen LogP contribution in [0.1, 0.15) is 34.6 Å². The molecule has 0 spiro atoms. The normalized spacial score (nSPS) is 11.4. The van der Waals surface area contributed by atoms with Crippen molar-refractivity contribution in [2.45, 2.75) is 13.0 Å². The number of halogens is 1. The maximum Gasteiger partial charge on any atom is 0.254 e. The number of carbonyl (C=O) groups excluding carboxylic acids is 1. The van der Waals surface area contributed by atoms with Gasteiger partial charge in [-0.1, -0.05) is 12.1 Å². The molecule has 1 heterocycles. The largest absolute Gasteiger partial charge is 0.345 e. The molecular formula is C15H12FN3O. The minimum Gasteiger partial charge on any atom is -0.345 e. The van der Waals surface area contributed by atoms with Gasteiger partial charge in [0.1, 0.15) is 11.9 Å². The molecule has 0 aliphatic heterocycles. The molecule has 0 radical (unpaired) electrons. The van der Waals surface area contributed by atoms with E-state index >= 15 is 0 Å². The van der Waals surface area contributed by atoms with Crippen LogP contribution in [0.3, 0.4) is 0 Å². The molecule has 0 saturated carbocycles. The molecule has 0 bridgehead atoms. The molecule has 1 aromatic heterocycles. The summed E-state index contributed by atoms with van der Waals surface area (Å²) < 4.78 is 12.8. The topological polar surface area (TPSA) is 65.8 Å². The van der Waals surface area contributed by atoms with Crippen molar-refractivity contribution in [1.82, 2.24) is 10.3 Å². The Balaban J connectivity index is 2.15. The second-order valence-corrected chi connectivity index (χ2v) is 4.26. The molecule has 0 saturated heterocycles. The second-order valence-electron chi connectivity index (χ2n) is 4.26. The molecule has 2 rings (SSSR count). The number of amides is 1. The molecule has 1 N–H and O–H groups in total. The first-order valence-electron chi connectivity index (χ1n) is 6.03. The third kappa shape index (κ3) is 2.98. The van der Waals surface area contributed by atoms with E-state index in [1.54, 1.807) is 25.1 Å². The number of hydrogen-bond acceptors (Lipinski definition) is 3. The lowest BCUT2D eigenvalue weighted by atomic mass is 10.1. The predicted molar refractivity (Wildman–Crippen MR) is 71.2 cm³/mol. The van der Waals surface area contributed by atoms with Crippen LogP contribution in [-0.4, -0.2) is 10.9 Å². The average Bonchev–Trinajstić information content (AvgIpc) is 2.47. The Morgan fingerprint density at radius 2 is 2.05 bits per heavy atom. The van der Waals surface area contributed by atoms with Crippen LogP contribution in [0.2, 0.25) is 0 Å². The van der Waals surface area contributed by atoms with E-state index in [9.17, 15) is 9.18 Å². The number of hydrogen-bond donors (Lipinski definition) is 1. The van der Waals surface area contributed by atoms with Gasteiger partial charge in [-0.2, -0.15) is 5.26 Å². The molecule has 20 heavy (non-hydrogen) atoms. The molecule has 1 atom stereocenters. The molecule has 1 aromatic carbocycles. The van der Waals surface area contributed by atoms with Gasteiger partial charge in [-0.3, -0.25) is 4.79 Å². The molecule has 100 valence electrons. The van der Waals surface area contributed by atoms with E-state index < -0.39 is 0 Å². The monoisotopic (exact) mass is 269 g/mol. The molecule has 4 nitrogen and oxygen atoms in total. The smallest absolute Gasteiger partial charge is 0.254 e. The van der Waals surface area contributed by atoms with Crippen LogP contribution in [0.5, 0.6) is 0 Å². The average molecular weight is 269 g/mol. The lowest BCUT2D eigenvalue weighted by Crippen LogP contribution is -2.27. The van der Waals surface area contributed by atoms with Crippen molar-refractivity contribution in [3.05, 3.63) is 65.2 Å². The third-order valence-corrected chi connectivity index (χ3v) is 2.88. The molecule has 0 aliphatic rings. The molecule has 5 heteroatoms. The summed E-state index contributed by atoms with van der Waals surface area (Å²) in [6, 6.07) is 10.6. The second kappa shape index (κ2) is 5.93. The summed E-state index contributed by atoms with van der Waals surface area (Å²) in [4.78, 5) is 15.9. The lowest BCUT2D eigenvalue weighted by molar-refractivity contribution is 0.0939. The van der Waals surface area contributed by atoms with Crippen LogP contribution >= 0.6 is 0 Å². The van der Waals surface area contributed by atoms with Crippen LogP contribution in [-0.2, 0) is 0 Å². The van der Waals surface area contributed by atoms with Crippen LogP contribution < -0.4 is 5.32 Å². The summed E-state index contributed by atoms with van der Waals surface area (Å²) in [5.74, 6) is -0.710. The highest BCUT2D eigenvalue weighted by Crippen LogP contribution is 2.14. The number of benzene rings is 1. The zero-order valence-corrected chi connectivity index (χ0v) is 10.8. The number of nitrogens with one attached hydrogen (secondary N) is 1. The number of pyridine rings is 1. The van der Waals surface area contributed by atoms with Gasteiger partial charge in [0.25, 0.3) is 5.91 Å². The van der Waals surface area contributed by atoms with E-state index in [0.717, 1.165) is 5.56 Å². The molecular weight excluding hydrogens is 257 g/mol. The molecule has 0 aliphatic carbocycles. The van der Waals surface area contributed by atoms with Crippen molar-refractivity contribution in [3.8, 4) is 6.07 Å². The first kappa shape index (κ1) is 13.7. The first-order chi connectivity index (χ1) is 9.61. The Hall–Kier alpha value is -2.74. The van der Waals surface area contributed by atoms with Crippen molar-refractivity contribution < 1.29 is 9.18 Å². The van der Waals surface area contributed by atoms with Gasteiger partial charge in [0.15, 0.2) is 5.69 Å². The van der Waals surface area contributed by atoms with E-state index in [0.29, 0.717) is 0 Å². The van der Waals surface area contributed by atoms with E-state index in [1.807, 2.05) is 6.07 Å². The Kier molecular flexibility index (Phi) is 4.06. The summed E-state index contributed by atoms with van der Waals surface area (Å²) in [6.45, 7) is 1.79. The van der Waals surface area contributed by atoms with Gasteiger partial charge in [0.05, 0.1) is 11.6 Å². The highest BCUT2D eigenvalue weighted by Gasteiger charge is 2.15. The quantitative estimate of drug-likeness (QED) is 0.931. The van der Waals surface area contributed by atoms with Gasteiger partial charge < -0.3 is 5.32 Å². The summed E-state index contributed by atoms with van der Waals surface area (Å²) >= 11 is 0. The maximum absolute atomic E-state index is 12.8. The number of nitrogens with zero attached hydrogens (tertiary/aromatic N) is 2. The van der Waals surface area contributed by atoms with Gasteiger partial charge in [-0.25, -0.2) is 9.37 Å². The van der Waals surface area contributed by atoms with Crippen LogP contribution in [0.25, 0.3) is 0 Å². The predicted octanol–water partition coefficient (Wildman–Crippen LogP) is 2.58. The Bertz CT molecular complexity index is 662. The maximum atomic E-state index is 12.8. The fraction of sp³-hybridized carbons (Fsp3) is 0.133. The summed E-state index contributed by atoms with van der Waals surface area (Å²) in [5.41, 5.74) is 1.09. The summed E-state index contributed by atoms with van der Waals surface area (Å²) in [5, 5.41) is 11.7. The van der Waals surface area contributed by atoms with Crippen molar-refractivity contribution in [2.75, 3.05) is 0 Å². The van der Waals surface area contributed by atoms with Crippen molar-refractivity contribution >= 4 is 5.91 Å². The number of nitriles is 1. The van der Waals surface area contributed by atoms with Gasteiger partial charge >= 0.3 is 0 Å². The van der Waals surface area contributed by atoms with E-state index in [2.05, 4.69) is 10.3 Å². The molecule has 1 amide bonds. The van der Waals surface area contributed by atoms with E-state index in [-0.39, 0.29) is 29.0 Å². The number of carbonyl (C=O) groups is 1. The number of aromatic nitrogens is 1. The molecule has 2 aromatic rings. The van der Waals surface area contributed by atoms with Gasteiger partial charge in [0, 0.05) is 6.20 Å². The first-order valence-corrected chi connectivity index (χ1v) is 6.03. The SMILES string of the molecule is CC(NC(=O)c1cccnc1C#N)c1ccc(F)cc1. The van der Waals surface area contributed by atoms with Crippen molar-refractivity contribution in [2.24, 2.45) is 0 Å². The van der Waals surface area contributed by atoms with Crippen LogP contribution in [0.4, 0.5) is 4.39 Å². The Labute approximate surface area is 115 Å². The summed E-state index contributed by atoms with van der Waals surface area (Å²) in [6.07, 6.45) is 1.46. The van der Waals surface area contributed by atoms with Crippen LogP contribution in [0.15, 0.2) is 42.6 Å². The lowest BCUT2D eigenvalue weighted by Gasteiger charge is -2.14. The summed E-state index contributed by atoms with van der Waals surface area (Å²) in [7, 11) is 0. The standard InChI is InChI=1S/C15H12FN3O/c1-10(11-4-6-12(16)7-5-11)19-15(20)13-3-2-8-18-14(13)9-17/h2-8,10H,1H3,(H,19,20). The Morgan fingerprint density at radius 3 is 2.70 bits per heavy atom. The molecule has 1 unspecified atom stereocenters. The Morgan fingerprint density at radius 1 is 1.35 bits per heavy atom. The minimum absolute atomic E-state index is 0.0799. The highest BCUT2D eigenvalue weighted by atomic mass is 19.1. The number of rotatable bonds is 3. The van der Waals surface area contributed by atoms with Crippen molar-refractivity contribution in [3.63, 3.8) is 0 Å². The van der Waals surface area contributed by atoms with Crippen LogP contribution in [0, 0.1) is 17.1 Å². The van der Waals surface area contributed by atoms with Gasteiger partial charge in [-0.05, 0) is 36.8 Å². The van der Waals surface area contributed by atoms with Crippen molar-refractivity contribution in [1.29, 1.82) is 5.26 Å². The third-order valence-electron chi connectivity index (χ3n) is 2.88. The van der Waals surface area contributed by atoms with E-state index in [4.69, 9.17) is 5.26 Å². The highest BCUT2D eigenvalue weighted by molar-refractivity contribution is 5.96. The minimum atomic E-state index is -0.383. The molecule has 0 fully saturated rings. The fourth-order valence-corrected chi connectivity index (χ4v) is 1.79. The zero-order chi connectivity index (χ0) is 14.5. The van der Waals surface area contributed by atoms with Gasteiger partial charge in [-0.15, -0.1) is 0 Å². The fourth-order valence-electron chi connectivity index (χ4n) is 1.79. The van der Waals surface area contributed by atoms with E-state index in [1.165, 1.54) is 24.4 Å². The zero-order valence-electron chi connectivity index (χ0n) is 10.8.